The van der Waals surface area contributed by atoms with E-state index >= 15 is 0 Å². The van der Waals surface area contributed by atoms with Crippen LogP contribution in [0.3, 0.4) is 0 Å². The summed E-state index contributed by atoms with van der Waals surface area (Å²) in [6.45, 7) is 3.43. The van der Waals surface area contributed by atoms with E-state index in [1.807, 2.05) is 0 Å². The molecule has 1 atom stereocenters. The third-order valence-corrected chi connectivity index (χ3v) is 4.94. The minimum Gasteiger partial charge on any atom is -0.462 e. The number of nitrogens with zero attached hydrogens (tertiary/aromatic N) is 4. The molecular weight excluding hydrogens is 372 g/mol. The second-order valence-electron chi connectivity index (χ2n) is 6.87. The maximum atomic E-state index is 12.9. The first-order valence-electron chi connectivity index (χ1n) is 9.62. The molecular formula is C20H22N6O3. The van der Waals surface area contributed by atoms with Gasteiger partial charge in [0, 0.05) is 18.8 Å². The van der Waals surface area contributed by atoms with Crippen molar-refractivity contribution in [2.24, 2.45) is 5.92 Å². The van der Waals surface area contributed by atoms with E-state index in [1.54, 1.807) is 37.5 Å². The van der Waals surface area contributed by atoms with E-state index in [-0.39, 0.29) is 11.8 Å². The molecule has 9 nitrogen and oxygen atoms in total. The molecule has 1 amide bonds. The average Bonchev–Trinajstić information content (AvgIpc) is 3.23. The number of rotatable bonds is 5. The van der Waals surface area contributed by atoms with Crippen molar-refractivity contribution in [1.82, 2.24) is 19.9 Å². The Morgan fingerprint density at radius 2 is 2.21 bits per heavy atom. The number of amides is 1. The standard InChI is InChI=1S/C20H22N6O3/c1-2-29-20(28)13-5-3-7-15(9-13)25-19(27)14-6-4-8-26(10-14)18-16-17(22-11-21-16)23-12-24-18/h3,5,7,9,11-12,14H,2,4,6,8,10H2,1H3,(H,25,27)(H,21,22,23,24)/t14-/m0/s1. The Morgan fingerprint density at radius 3 is 3.07 bits per heavy atom. The number of fused-ring (bicyclic) bond motifs is 1. The second-order valence-corrected chi connectivity index (χ2v) is 6.87. The van der Waals surface area contributed by atoms with E-state index in [4.69, 9.17) is 4.74 Å². The lowest BCUT2D eigenvalue weighted by molar-refractivity contribution is -0.120. The molecule has 1 aromatic carbocycles. The number of aromatic amines is 1. The number of H-pyrrole nitrogens is 1. The van der Waals surface area contributed by atoms with Gasteiger partial charge in [0.2, 0.25) is 5.91 Å². The molecule has 150 valence electrons. The minimum absolute atomic E-state index is 0.0781. The Morgan fingerprint density at radius 1 is 1.31 bits per heavy atom. The van der Waals surface area contributed by atoms with Gasteiger partial charge >= 0.3 is 5.97 Å². The third kappa shape index (κ3) is 4.03. The molecule has 1 saturated heterocycles. The van der Waals surface area contributed by atoms with Crippen molar-refractivity contribution in [3.8, 4) is 0 Å². The van der Waals surface area contributed by atoms with Gasteiger partial charge in [-0.05, 0) is 38.0 Å². The molecule has 0 unspecified atom stereocenters. The number of hydrogen-bond acceptors (Lipinski definition) is 7. The maximum Gasteiger partial charge on any atom is 0.338 e. The van der Waals surface area contributed by atoms with Crippen LogP contribution in [-0.4, -0.2) is 51.5 Å². The Labute approximate surface area is 167 Å². The molecule has 0 bridgehead atoms. The molecule has 0 saturated carbocycles. The number of esters is 1. The van der Waals surface area contributed by atoms with E-state index < -0.39 is 5.97 Å². The van der Waals surface area contributed by atoms with Gasteiger partial charge in [-0.25, -0.2) is 19.7 Å². The van der Waals surface area contributed by atoms with Gasteiger partial charge in [0.05, 0.1) is 24.4 Å². The largest absolute Gasteiger partial charge is 0.462 e. The van der Waals surface area contributed by atoms with Gasteiger partial charge in [0.1, 0.15) is 11.8 Å². The highest BCUT2D eigenvalue weighted by atomic mass is 16.5. The van der Waals surface area contributed by atoms with Gasteiger partial charge in [0.15, 0.2) is 11.5 Å². The Bertz CT molecular complexity index is 1030. The molecule has 1 aliphatic rings. The van der Waals surface area contributed by atoms with Gasteiger partial charge in [-0.15, -0.1) is 0 Å². The Balaban J connectivity index is 1.46. The number of hydrogen-bond donors (Lipinski definition) is 2. The molecule has 9 heteroatoms. The van der Waals surface area contributed by atoms with Crippen LogP contribution in [0, 0.1) is 5.92 Å². The monoisotopic (exact) mass is 394 g/mol. The van der Waals surface area contributed by atoms with Crippen molar-refractivity contribution in [3.63, 3.8) is 0 Å². The number of aromatic nitrogens is 4. The van der Waals surface area contributed by atoms with Gasteiger partial charge in [0.25, 0.3) is 0 Å². The van der Waals surface area contributed by atoms with Crippen LogP contribution < -0.4 is 10.2 Å². The smallest absolute Gasteiger partial charge is 0.338 e. The van der Waals surface area contributed by atoms with Gasteiger partial charge in [-0.2, -0.15) is 0 Å². The summed E-state index contributed by atoms with van der Waals surface area (Å²) >= 11 is 0. The highest BCUT2D eigenvalue weighted by Gasteiger charge is 2.28. The summed E-state index contributed by atoms with van der Waals surface area (Å²) in [7, 11) is 0. The number of piperidine rings is 1. The Kier molecular flexibility index (Phi) is 5.37. The fourth-order valence-electron chi connectivity index (χ4n) is 3.56. The predicted octanol–water partition coefficient (Wildman–Crippen LogP) is 2.38. The molecule has 29 heavy (non-hydrogen) atoms. The second kappa shape index (κ2) is 8.26. The van der Waals surface area contributed by atoms with Crippen LogP contribution in [0.4, 0.5) is 11.5 Å². The van der Waals surface area contributed by atoms with Crippen LogP contribution in [-0.2, 0) is 9.53 Å². The summed E-state index contributed by atoms with van der Waals surface area (Å²) in [4.78, 5) is 42.6. The van der Waals surface area contributed by atoms with Crippen molar-refractivity contribution < 1.29 is 14.3 Å². The highest BCUT2D eigenvalue weighted by molar-refractivity contribution is 5.96. The van der Waals surface area contributed by atoms with Gasteiger partial charge in [-0.1, -0.05) is 6.07 Å². The number of nitrogens with one attached hydrogen (secondary N) is 2. The van der Waals surface area contributed by atoms with Crippen LogP contribution in [0.5, 0.6) is 0 Å². The predicted molar refractivity (Wildman–Crippen MR) is 108 cm³/mol. The normalized spacial score (nSPS) is 16.6. The van der Waals surface area contributed by atoms with Crippen molar-refractivity contribution in [2.75, 3.05) is 29.9 Å². The molecule has 0 aliphatic carbocycles. The molecule has 0 spiro atoms. The fraction of sp³-hybridized carbons (Fsp3) is 0.350. The van der Waals surface area contributed by atoms with E-state index in [0.29, 0.717) is 30.0 Å². The van der Waals surface area contributed by atoms with Crippen LogP contribution in [0.25, 0.3) is 11.2 Å². The molecule has 2 aromatic heterocycles. The van der Waals surface area contributed by atoms with Crippen molar-refractivity contribution >= 4 is 34.5 Å². The molecule has 1 fully saturated rings. The van der Waals surface area contributed by atoms with Crippen molar-refractivity contribution in [2.45, 2.75) is 19.8 Å². The summed E-state index contributed by atoms with van der Waals surface area (Å²) in [5, 5.41) is 2.93. The van der Waals surface area contributed by atoms with Crippen LogP contribution >= 0.6 is 0 Å². The van der Waals surface area contributed by atoms with Gasteiger partial charge in [-0.3, -0.25) is 4.79 Å². The van der Waals surface area contributed by atoms with E-state index in [0.717, 1.165) is 30.7 Å². The minimum atomic E-state index is -0.403. The lowest BCUT2D eigenvalue weighted by Crippen LogP contribution is -2.41. The number of benzene rings is 1. The molecule has 3 aromatic rings. The molecule has 2 N–H and O–H groups in total. The maximum absolute atomic E-state index is 12.9. The van der Waals surface area contributed by atoms with Crippen LogP contribution in [0.15, 0.2) is 36.9 Å². The zero-order valence-corrected chi connectivity index (χ0v) is 16.1. The average molecular weight is 394 g/mol. The van der Waals surface area contributed by atoms with Crippen molar-refractivity contribution in [3.05, 3.63) is 42.5 Å². The van der Waals surface area contributed by atoms with Crippen molar-refractivity contribution in [1.29, 1.82) is 0 Å². The van der Waals surface area contributed by atoms with E-state index in [9.17, 15) is 9.59 Å². The summed E-state index contributed by atoms with van der Waals surface area (Å²) in [5.74, 6) is 0.0858. The number of carbonyl (C=O) groups is 2. The van der Waals surface area contributed by atoms with E-state index in [2.05, 4.69) is 30.2 Å². The molecule has 4 rings (SSSR count). The number of imidazole rings is 1. The number of anilines is 2. The third-order valence-electron chi connectivity index (χ3n) is 4.94. The molecule has 3 heterocycles. The summed E-state index contributed by atoms with van der Waals surface area (Å²) < 4.78 is 5.02. The Hall–Kier alpha value is -3.49. The number of carbonyl (C=O) groups excluding carboxylic acids is 2. The molecule has 0 radical (unpaired) electrons. The lowest BCUT2D eigenvalue weighted by atomic mass is 9.97. The first-order chi connectivity index (χ1) is 14.2. The fourth-order valence-corrected chi connectivity index (χ4v) is 3.56. The first-order valence-corrected chi connectivity index (χ1v) is 9.62. The molecule has 1 aliphatic heterocycles. The summed E-state index contributed by atoms with van der Waals surface area (Å²) in [6.07, 6.45) is 4.74. The summed E-state index contributed by atoms with van der Waals surface area (Å²) in [6, 6.07) is 6.79. The zero-order valence-electron chi connectivity index (χ0n) is 16.1. The quantitative estimate of drug-likeness (QED) is 0.639. The van der Waals surface area contributed by atoms with Crippen LogP contribution in [0.1, 0.15) is 30.1 Å². The van der Waals surface area contributed by atoms with Gasteiger partial charge < -0.3 is 19.9 Å². The number of ether oxygens (including phenoxy) is 1. The highest BCUT2D eigenvalue weighted by Crippen LogP contribution is 2.26. The topological polar surface area (TPSA) is 113 Å². The van der Waals surface area contributed by atoms with Crippen LogP contribution in [0.2, 0.25) is 0 Å². The van der Waals surface area contributed by atoms with E-state index in [1.165, 1.54) is 6.33 Å². The summed E-state index contributed by atoms with van der Waals surface area (Å²) in [5.41, 5.74) is 2.38. The zero-order chi connectivity index (χ0) is 20.2. The lowest BCUT2D eigenvalue weighted by Gasteiger charge is -2.32. The SMILES string of the molecule is CCOC(=O)c1cccc(NC(=O)[C@H]2CCCN(c3ncnc4nc[nH]c34)C2)c1. The first kappa shape index (κ1) is 18.9.